The summed E-state index contributed by atoms with van der Waals surface area (Å²) in [6, 6.07) is 3.42. The lowest BCUT2D eigenvalue weighted by Crippen LogP contribution is -2.31. The first-order chi connectivity index (χ1) is 8.61. The van der Waals surface area contributed by atoms with Crippen molar-refractivity contribution in [2.24, 2.45) is 11.8 Å². The average molecular weight is 252 g/mol. The fourth-order valence-corrected chi connectivity index (χ4v) is 2.74. The predicted molar refractivity (Wildman–Crippen MR) is 69.5 cm³/mol. The molecule has 1 aromatic carbocycles. The van der Waals surface area contributed by atoms with Crippen LogP contribution in [0, 0.1) is 25.6 Å². The van der Waals surface area contributed by atoms with E-state index in [1.165, 1.54) is 0 Å². The Balaban J connectivity index is 2.21. The summed E-state index contributed by atoms with van der Waals surface area (Å²) in [6.07, 6.45) is 1.85. The highest BCUT2D eigenvalue weighted by atomic mass is 19.1. The van der Waals surface area contributed by atoms with Crippen LogP contribution in [-0.4, -0.2) is 13.2 Å². The van der Waals surface area contributed by atoms with Crippen LogP contribution in [0.5, 0.6) is 0 Å². The molecule has 1 aliphatic heterocycles. The van der Waals surface area contributed by atoms with Gasteiger partial charge in [0.2, 0.25) is 0 Å². The van der Waals surface area contributed by atoms with Gasteiger partial charge in [-0.25, -0.2) is 4.39 Å². The number of aryl methyl sites for hydroxylation is 2. The summed E-state index contributed by atoms with van der Waals surface area (Å²) >= 11 is 0. The Morgan fingerprint density at radius 1 is 1.50 bits per heavy atom. The third kappa shape index (κ3) is 2.88. The second-order valence-electron chi connectivity index (χ2n) is 5.16. The van der Waals surface area contributed by atoms with E-state index in [1.807, 2.05) is 19.9 Å². The zero-order valence-electron chi connectivity index (χ0n) is 11.0. The van der Waals surface area contributed by atoms with Crippen LogP contribution in [0.25, 0.3) is 0 Å². The van der Waals surface area contributed by atoms with Crippen molar-refractivity contribution in [2.75, 3.05) is 13.2 Å². The smallest absolute Gasteiger partial charge is 0.128 e. The molecule has 100 valence electrons. The molecule has 0 radical (unpaired) electrons. The van der Waals surface area contributed by atoms with E-state index < -0.39 is 0 Å². The van der Waals surface area contributed by atoms with Crippen molar-refractivity contribution in [2.45, 2.75) is 32.7 Å². The molecule has 2 atom stereocenters. The van der Waals surface area contributed by atoms with Crippen molar-refractivity contribution in [3.05, 3.63) is 34.6 Å². The lowest BCUT2D eigenvalue weighted by atomic mass is 9.91. The number of nitrogens with one attached hydrogen (secondary N) is 1. The first-order valence-corrected chi connectivity index (χ1v) is 6.42. The van der Waals surface area contributed by atoms with Crippen molar-refractivity contribution in [3.63, 3.8) is 0 Å². The summed E-state index contributed by atoms with van der Waals surface area (Å²) in [4.78, 5) is 0. The number of hydrogen-bond donors (Lipinski definition) is 2. The Labute approximate surface area is 107 Å². The summed E-state index contributed by atoms with van der Waals surface area (Å²) in [5, 5.41) is 0. The van der Waals surface area contributed by atoms with Crippen LogP contribution in [0.2, 0.25) is 0 Å². The van der Waals surface area contributed by atoms with Gasteiger partial charge in [-0.3, -0.25) is 11.3 Å². The zero-order chi connectivity index (χ0) is 13.1. The van der Waals surface area contributed by atoms with Gasteiger partial charge in [-0.15, -0.1) is 0 Å². The fourth-order valence-electron chi connectivity index (χ4n) is 2.74. The number of benzene rings is 1. The van der Waals surface area contributed by atoms with E-state index in [1.54, 1.807) is 6.07 Å². The Bertz CT molecular complexity index is 393. The van der Waals surface area contributed by atoms with E-state index in [0.717, 1.165) is 37.2 Å². The molecule has 3 nitrogen and oxygen atoms in total. The Morgan fingerprint density at radius 3 is 2.83 bits per heavy atom. The van der Waals surface area contributed by atoms with Crippen molar-refractivity contribution in [3.8, 4) is 0 Å². The molecule has 4 heteroatoms. The molecule has 0 bridgehead atoms. The molecule has 1 heterocycles. The number of ether oxygens (including phenoxy) is 1. The lowest BCUT2D eigenvalue weighted by Gasteiger charge is -2.22. The largest absolute Gasteiger partial charge is 0.381 e. The SMILES string of the molecule is Cc1cc(C)c(C(CC2CCOC2)NN)c(F)c1. The molecule has 0 aliphatic carbocycles. The van der Waals surface area contributed by atoms with Gasteiger partial charge in [-0.2, -0.15) is 0 Å². The monoisotopic (exact) mass is 252 g/mol. The molecule has 0 amide bonds. The minimum absolute atomic E-state index is 0.141. The average Bonchev–Trinajstić information content (AvgIpc) is 2.79. The van der Waals surface area contributed by atoms with Crippen molar-refractivity contribution >= 4 is 0 Å². The Morgan fingerprint density at radius 2 is 2.28 bits per heavy atom. The quantitative estimate of drug-likeness (QED) is 0.639. The third-order valence-electron chi connectivity index (χ3n) is 3.62. The molecule has 18 heavy (non-hydrogen) atoms. The second kappa shape index (κ2) is 5.78. The molecule has 1 fully saturated rings. The molecule has 2 rings (SSSR count). The van der Waals surface area contributed by atoms with E-state index in [0.29, 0.717) is 11.5 Å². The standard InChI is InChI=1S/C14H21FN2O/c1-9-5-10(2)14(12(15)6-9)13(17-16)7-11-3-4-18-8-11/h5-6,11,13,17H,3-4,7-8,16H2,1-2H3. The van der Waals surface area contributed by atoms with E-state index in [9.17, 15) is 4.39 Å². The molecule has 0 aromatic heterocycles. The highest BCUT2D eigenvalue weighted by Crippen LogP contribution is 2.30. The molecule has 1 aliphatic rings. The number of rotatable bonds is 4. The highest BCUT2D eigenvalue weighted by molar-refractivity contribution is 5.34. The van der Waals surface area contributed by atoms with Gasteiger partial charge in [0.1, 0.15) is 5.82 Å². The first kappa shape index (κ1) is 13.5. The molecule has 1 saturated heterocycles. The first-order valence-electron chi connectivity index (χ1n) is 6.42. The van der Waals surface area contributed by atoms with E-state index in [-0.39, 0.29) is 11.9 Å². The van der Waals surface area contributed by atoms with E-state index >= 15 is 0 Å². The minimum atomic E-state index is -0.172. The van der Waals surface area contributed by atoms with Crippen LogP contribution in [0.15, 0.2) is 12.1 Å². The summed E-state index contributed by atoms with van der Waals surface area (Å²) in [7, 11) is 0. The Hall–Kier alpha value is -0.970. The maximum absolute atomic E-state index is 14.1. The molecule has 2 unspecified atom stereocenters. The highest BCUT2D eigenvalue weighted by Gasteiger charge is 2.24. The van der Waals surface area contributed by atoms with Gasteiger partial charge in [0.15, 0.2) is 0 Å². The second-order valence-corrected chi connectivity index (χ2v) is 5.16. The Kier molecular flexibility index (Phi) is 4.32. The van der Waals surface area contributed by atoms with Gasteiger partial charge in [-0.1, -0.05) is 6.07 Å². The van der Waals surface area contributed by atoms with Crippen LogP contribution < -0.4 is 11.3 Å². The summed E-state index contributed by atoms with van der Waals surface area (Å²) in [5.41, 5.74) is 5.33. The number of hydrazine groups is 1. The molecule has 0 saturated carbocycles. The summed E-state index contributed by atoms with van der Waals surface area (Å²) in [6.45, 7) is 5.39. The molecule has 3 N–H and O–H groups in total. The van der Waals surface area contributed by atoms with Gasteiger partial charge in [0.05, 0.1) is 0 Å². The minimum Gasteiger partial charge on any atom is -0.381 e. The lowest BCUT2D eigenvalue weighted by molar-refractivity contribution is 0.181. The van der Waals surface area contributed by atoms with Crippen LogP contribution in [0.1, 0.15) is 35.6 Å². The van der Waals surface area contributed by atoms with E-state index in [4.69, 9.17) is 10.6 Å². The van der Waals surface area contributed by atoms with Crippen molar-refractivity contribution < 1.29 is 9.13 Å². The van der Waals surface area contributed by atoms with Gasteiger partial charge >= 0.3 is 0 Å². The molecular formula is C14H21FN2O. The van der Waals surface area contributed by atoms with Crippen LogP contribution in [-0.2, 0) is 4.74 Å². The van der Waals surface area contributed by atoms with Crippen LogP contribution in [0.4, 0.5) is 4.39 Å². The molecule has 0 spiro atoms. The van der Waals surface area contributed by atoms with Gasteiger partial charge in [-0.05, 0) is 49.8 Å². The predicted octanol–water partition coefficient (Wildman–Crippen LogP) is 2.37. The molecule has 1 aromatic rings. The molecular weight excluding hydrogens is 231 g/mol. The number of nitrogens with two attached hydrogens (primary N) is 1. The van der Waals surface area contributed by atoms with Gasteiger partial charge < -0.3 is 4.74 Å². The van der Waals surface area contributed by atoms with E-state index in [2.05, 4.69) is 5.43 Å². The number of halogens is 1. The normalized spacial score (nSPS) is 21.2. The van der Waals surface area contributed by atoms with Crippen molar-refractivity contribution in [1.29, 1.82) is 0 Å². The third-order valence-corrected chi connectivity index (χ3v) is 3.62. The summed E-state index contributed by atoms with van der Waals surface area (Å²) < 4.78 is 19.5. The fraction of sp³-hybridized carbons (Fsp3) is 0.571. The topological polar surface area (TPSA) is 47.3 Å². The summed E-state index contributed by atoms with van der Waals surface area (Å²) in [5.74, 6) is 5.89. The maximum atomic E-state index is 14.1. The maximum Gasteiger partial charge on any atom is 0.128 e. The van der Waals surface area contributed by atoms with Gasteiger partial charge in [0.25, 0.3) is 0 Å². The van der Waals surface area contributed by atoms with Crippen LogP contribution >= 0.6 is 0 Å². The number of hydrogen-bond acceptors (Lipinski definition) is 3. The van der Waals surface area contributed by atoms with Gasteiger partial charge in [0, 0.05) is 24.8 Å². The zero-order valence-corrected chi connectivity index (χ0v) is 11.0. The van der Waals surface area contributed by atoms with Crippen molar-refractivity contribution in [1.82, 2.24) is 5.43 Å². The van der Waals surface area contributed by atoms with Crippen LogP contribution in [0.3, 0.4) is 0 Å².